The topological polar surface area (TPSA) is 47.6 Å². The number of hydrogen-bond acceptors (Lipinski definition) is 4. The van der Waals surface area contributed by atoms with Crippen molar-refractivity contribution in [3.8, 4) is 0 Å². The van der Waals surface area contributed by atoms with E-state index in [1.54, 1.807) is 0 Å². The number of nitrogens with one attached hydrogen (secondary N) is 1. The lowest BCUT2D eigenvalue weighted by molar-refractivity contribution is 0.138. The molecule has 0 aliphatic heterocycles. The van der Waals surface area contributed by atoms with Gasteiger partial charge in [-0.1, -0.05) is 46.3 Å². The number of hydrogen-bond donors (Lipinski definition) is 1. The molecule has 0 spiro atoms. The maximum absolute atomic E-state index is 13.7. The number of benzene rings is 2. The Balaban J connectivity index is 2.46. The third-order valence-corrected chi connectivity index (χ3v) is 6.31. The van der Waals surface area contributed by atoms with Crippen LogP contribution in [0, 0.1) is 0 Å². The van der Waals surface area contributed by atoms with E-state index in [0.717, 1.165) is 15.7 Å². The molecule has 0 radical (unpaired) electrons. The molecule has 6 heteroatoms. The summed E-state index contributed by atoms with van der Waals surface area (Å²) in [5.74, 6) is -0.604. The maximum atomic E-state index is 13.7. The van der Waals surface area contributed by atoms with Crippen molar-refractivity contribution < 1.29 is 13.6 Å². The minimum atomic E-state index is -3.47. The van der Waals surface area contributed by atoms with Crippen molar-refractivity contribution in [2.75, 3.05) is 5.32 Å². The van der Waals surface area contributed by atoms with Gasteiger partial charge >= 0.3 is 7.60 Å². The number of anilines is 1. The largest absolute Gasteiger partial charge is 0.368 e. The average Bonchev–Trinajstić information content (AvgIpc) is 2.53. The number of para-hydroxylation sites is 1. The number of rotatable bonds is 8. The summed E-state index contributed by atoms with van der Waals surface area (Å²) in [4.78, 5) is 0. The highest BCUT2D eigenvalue weighted by molar-refractivity contribution is 9.10. The molecule has 0 fully saturated rings. The zero-order valence-corrected chi connectivity index (χ0v) is 17.5. The minimum Gasteiger partial charge on any atom is -0.368 e. The molecule has 0 aliphatic rings. The third-order valence-electron chi connectivity index (χ3n) is 3.29. The Morgan fingerprint density at radius 2 is 1.40 bits per heavy atom. The lowest BCUT2D eigenvalue weighted by Gasteiger charge is -2.31. The highest BCUT2D eigenvalue weighted by Crippen LogP contribution is 2.62. The van der Waals surface area contributed by atoms with E-state index in [-0.39, 0.29) is 12.2 Å². The Labute approximate surface area is 158 Å². The van der Waals surface area contributed by atoms with Crippen LogP contribution in [0.3, 0.4) is 0 Å². The van der Waals surface area contributed by atoms with E-state index in [1.165, 1.54) is 0 Å². The highest BCUT2D eigenvalue weighted by atomic mass is 79.9. The van der Waals surface area contributed by atoms with Crippen molar-refractivity contribution in [1.82, 2.24) is 0 Å². The molecule has 0 amide bonds. The summed E-state index contributed by atoms with van der Waals surface area (Å²) < 4.78 is 26.3. The van der Waals surface area contributed by atoms with Gasteiger partial charge in [0.05, 0.1) is 12.2 Å². The van der Waals surface area contributed by atoms with Gasteiger partial charge in [-0.25, -0.2) is 0 Å². The first-order chi connectivity index (χ1) is 11.8. The standard InChI is InChI=1S/C19H25BrNO3P/c1-14(2)23-25(22,24-15(3)4)19(16-10-12-17(20)13-11-16)21-18-8-6-5-7-9-18/h5-15,19,21H,1-4H3. The minimum absolute atomic E-state index is 0.222. The lowest BCUT2D eigenvalue weighted by atomic mass is 10.2. The first-order valence-corrected chi connectivity index (χ1v) is 10.7. The summed E-state index contributed by atoms with van der Waals surface area (Å²) in [6.45, 7) is 7.43. The van der Waals surface area contributed by atoms with Gasteiger partial charge < -0.3 is 14.4 Å². The summed E-state index contributed by atoms with van der Waals surface area (Å²) in [6, 6.07) is 17.3. The van der Waals surface area contributed by atoms with E-state index < -0.39 is 13.4 Å². The Hall–Kier alpha value is -1.13. The summed E-state index contributed by atoms with van der Waals surface area (Å²) in [5.41, 5.74) is 1.70. The van der Waals surface area contributed by atoms with Crippen LogP contribution in [-0.4, -0.2) is 12.2 Å². The molecule has 0 heterocycles. The predicted molar refractivity (Wildman–Crippen MR) is 107 cm³/mol. The second-order valence-electron chi connectivity index (χ2n) is 6.31. The molecule has 1 unspecified atom stereocenters. The van der Waals surface area contributed by atoms with Gasteiger partial charge in [0, 0.05) is 10.2 Å². The van der Waals surface area contributed by atoms with Crippen LogP contribution in [0.2, 0.25) is 0 Å². The molecule has 0 bridgehead atoms. The maximum Gasteiger partial charge on any atom is 0.357 e. The highest BCUT2D eigenvalue weighted by Gasteiger charge is 2.39. The Bertz CT molecular complexity index is 690. The van der Waals surface area contributed by atoms with Crippen LogP contribution in [0.1, 0.15) is 39.0 Å². The van der Waals surface area contributed by atoms with E-state index in [9.17, 15) is 4.57 Å². The smallest absolute Gasteiger partial charge is 0.357 e. The predicted octanol–water partition coefficient (Wildman–Crippen LogP) is 6.60. The van der Waals surface area contributed by atoms with Gasteiger partial charge in [0.15, 0.2) is 5.78 Å². The zero-order valence-electron chi connectivity index (χ0n) is 15.0. The molecule has 4 nitrogen and oxygen atoms in total. The van der Waals surface area contributed by atoms with Gasteiger partial charge in [-0.15, -0.1) is 0 Å². The second-order valence-corrected chi connectivity index (χ2v) is 9.25. The van der Waals surface area contributed by atoms with Crippen molar-refractivity contribution in [3.05, 3.63) is 64.6 Å². The fraction of sp³-hybridized carbons (Fsp3) is 0.368. The molecule has 0 aromatic heterocycles. The quantitative estimate of drug-likeness (QED) is 0.483. The summed E-state index contributed by atoms with van der Waals surface area (Å²) >= 11 is 3.44. The average molecular weight is 426 g/mol. The monoisotopic (exact) mass is 425 g/mol. The molecule has 2 rings (SSSR count). The van der Waals surface area contributed by atoms with Crippen LogP contribution >= 0.6 is 23.5 Å². The molecule has 2 aromatic carbocycles. The van der Waals surface area contributed by atoms with Gasteiger partial charge in [-0.05, 0) is 57.5 Å². The summed E-state index contributed by atoms with van der Waals surface area (Å²) in [5, 5.41) is 3.34. The van der Waals surface area contributed by atoms with E-state index >= 15 is 0 Å². The lowest BCUT2D eigenvalue weighted by Crippen LogP contribution is -2.19. The second kappa shape index (κ2) is 9.00. The van der Waals surface area contributed by atoms with E-state index in [0.29, 0.717) is 0 Å². The van der Waals surface area contributed by atoms with Crippen molar-refractivity contribution in [2.45, 2.75) is 45.7 Å². The van der Waals surface area contributed by atoms with E-state index in [1.807, 2.05) is 82.3 Å². The van der Waals surface area contributed by atoms with Crippen LogP contribution in [0.5, 0.6) is 0 Å². The first kappa shape index (κ1) is 20.2. The molecule has 1 N–H and O–H groups in total. The van der Waals surface area contributed by atoms with Crippen molar-refractivity contribution in [2.24, 2.45) is 0 Å². The Morgan fingerprint density at radius 1 is 0.880 bits per heavy atom. The van der Waals surface area contributed by atoms with Crippen LogP contribution in [0.15, 0.2) is 59.1 Å². The zero-order chi connectivity index (χ0) is 18.4. The van der Waals surface area contributed by atoms with Crippen LogP contribution < -0.4 is 5.32 Å². The molecular weight excluding hydrogens is 401 g/mol. The van der Waals surface area contributed by atoms with Gasteiger partial charge in [0.2, 0.25) is 0 Å². The normalized spacial score (nSPS) is 13.2. The van der Waals surface area contributed by atoms with Gasteiger partial charge in [-0.3, -0.25) is 4.57 Å². The molecule has 2 aromatic rings. The summed E-state index contributed by atoms with van der Waals surface area (Å²) in [7, 11) is -3.47. The van der Waals surface area contributed by atoms with Crippen LogP contribution in [0.25, 0.3) is 0 Å². The van der Waals surface area contributed by atoms with Crippen molar-refractivity contribution in [1.29, 1.82) is 0 Å². The Morgan fingerprint density at radius 3 is 1.88 bits per heavy atom. The van der Waals surface area contributed by atoms with Crippen LogP contribution in [-0.2, 0) is 13.6 Å². The molecule has 0 saturated carbocycles. The van der Waals surface area contributed by atoms with Crippen molar-refractivity contribution in [3.63, 3.8) is 0 Å². The van der Waals surface area contributed by atoms with Gasteiger partial charge in [-0.2, -0.15) is 0 Å². The fourth-order valence-corrected chi connectivity index (χ4v) is 4.99. The van der Waals surface area contributed by atoms with E-state index in [2.05, 4.69) is 21.2 Å². The SMILES string of the molecule is CC(C)OP(=O)(OC(C)C)C(Nc1ccccc1)c1ccc(Br)cc1. The van der Waals surface area contributed by atoms with Crippen molar-refractivity contribution >= 4 is 29.2 Å². The molecule has 0 aliphatic carbocycles. The first-order valence-electron chi connectivity index (χ1n) is 8.34. The number of halogens is 1. The third kappa shape index (κ3) is 5.96. The summed E-state index contributed by atoms with van der Waals surface area (Å²) in [6.07, 6.45) is -0.444. The van der Waals surface area contributed by atoms with Gasteiger partial charge in [0.1, 0.15) is 0 Å². The molecule has 25 heavy (non-hydrogen) atoms. The van der Waals surface area contributed by atoms with Crippen LogP contribution in [0.4, 0.5) is 5.69 Å². The fourth-order valence-electron chi connectivity index (χ4n) is 2.42. The molecule has 0 saturated heterocycles. The molecular formula is C19H25BrNO3P. The van der Waals surface area contributed by atoms with E-state index in [4.69, 9.17) is 9.05 Å². The molecule has 136 valence electrons. The Kier molecular flexibility index (Phi) is 7.26. The van der Waals surface area contributed by atoms with Gasteiger partial charge in [0.25, 0.3) is 0 Å². The molecule has 1 atom stereocenters.